The quantitative estimate of drug-likeness (QED) is 0.907. The molecule has 19 heavy (non-hydrogen) atoms. The number of carbonyl (C=O) groups is 1. The van der Waals surface area contributed by atoms with Crippen LogP contribution in [0.5, 0.6) is 0 Å². The number of hydrogen-bond donors (Lipinski definition) is 1. The summed E-state index contributed by atoms with van der Waals surface area (Å²) in [5.41, 5.74) is 1.28. The monoisotopic (exact) mass is 353 g/mol. The Bertz CT molecular complexity index is 586. The first-order valence-electron chi connectivity index (χ1n) is 5.98. The van der Waals surface area contributed by atoms with Crippen molar-refractivity contribution >= 4 is 44.9 Å². The molecule has 5 heteroatoms. The second kappa shape index (κ2) is 5.69. The zero-order chi connectivity index (χ0) is 13.2. The molecule has 1 amide bonds. The molecular formula is C14H12BrNOS2. The van der Waals surface area contributed by atoms with Gasteiger partial charge in [-0.05, 0) is 45.4 Å². The van der Waals surface area contributed by atoms with Gasteiger partial charge in [-0.1, -0.05) is 18.2 Å². The Balaban J connectivity index is 1.60. The molecule has 1 aliphatic heterocycles. The second-order valence-corrected chi connectivity index (χ2v) is 7.43. The van der Waals surface area contributed by atoms with Crippen molar-refractivity contribution in [2.24, 2.45) is 0 Å². The summed E-state index contributed by atoms with van der Waals surface area (Å²) in [4.78, 5) is 14.6. The molecule has 1 unspecified atom stereocenters. The highest BCUT2D eigenvalue weighted by Gasteiger charge is 2.27. The Morgan fingerprint density at radius 2 is 2.21 bits per heavy atom. The molecule has 2 aromatic rings. The van der Waals surface area contributed by atoms with Crippen LogP contribution in [-0.2, 0) is 17.8 Å². The molecule has 0 radical (unpaired) electrons. The first kappa shape index (κ1) is 13.2. The number of halogens is 1. The van der Waals surface area contributed by atoms with E-state index in [1.54, 1.807) is 23.1 Å². The van der Waals surface area contributed by atoms with Crippen LogP contribution in [0.15, 0.2) is 45.1 Å². The van der Waals surface area contributed by atoms with E-state index in [0.29, 0.717) is 6.54 Å². The highest BCUT2D eigenvalue weighted by Crippen LogP contribution is 2.36. The predicted molar refractivity (Wildman–Crippen MR) is 83.7 cm³/mol. The van der Waals surface area contributed by atoms with Crippen molar-refractivity contribution < 1.29 is 4.79 Å². The minimum absolute atomic E-state index is 0.0103. The van der Waals surface area contributed by atoms with E-state index in [0.717, 1.165) is 15.8 Å². The maximum absolute atomic E-state index is 12.2. The lowest BCUT2D eigenvalue weighted by molar-refractivity contribution is -0.120. The van der Waals surface area contributed by atoms with Crippen molar-refractivity contribution in [2.45, 2.75) is 23.1 Å². The van der Waals surface area contributed by atoms with Gasteiger partial charge in [-0.3, -0.25) is 4.79 Å². The number of rotatable bonds is 3. The fourth-order valence-electron chi connectivity index (χ4n) is 2.06. The molecule has 1 aromatic heterocycles. The van der Waals surface area contributed by atoms with Crippen LogP contribution in [-0.4, -0.2) is 11.2 Å². The van der Waals surface area contributed by atoms with E-state index < -0.39 is 0 Å². The topological polar surface area (TPSA) is 29.1 Å². The SMILES string of the molecule is O=C(NCc1sccc1Br)C1Cc2ccccc2S1. The number of nitrogens with one attached hydrogen (secondary N) is 1. The Hall–Kier alpha value is -0.780. The molecule has 0 fully saturated rings. The summed E-state index contributed by atoms with van der Waals surface area (Å²) in [6.45, 7) is 0.602. The zero-order valence-electron chi connectivity index (χ0n) is 10.1. The number of fused-ring (bicyclic) bond motifs is 1. The Labute approximate surface area is 128 Å². The number of benzene rings is 1. The minimum Gasteiger partial charge on any atom is -0.350 e. The summed E-state index contributed by atoms with van der Waals surface area (Å²) < 4.78 is 1.07. The fraction of sp³-hybridized carbons (Fsp3) is 0.214. The molecule has 2 nitrogen and oxygen atoms in total. The first-order valence-corrected chi connectivity index (χ1v) is 8.53. The van der Waals surface area contributed by atoms with Crippen molar-refractivity contribution in [1.82, 2.24) is 5.32 Å². The lowest BCUT2D eigenvalue weighted by Crippen LogP contribution is -2.31. The molecular weight excluding hydrogens is 342 g/mol. The molecule has 0 saturated heterocycles. The van der Waals surface area contributed by atoms with Crippen LogP contribution >= 0.6 is 39.0 Å². The van der Waals surface area contributed by atoms with Crippen molar-refractivity contribution in [3.8, 4) is 0 Å². The van der Waals surface area contributed by atoms with Crippen molar-refractivity contribution in [2.75, 3.05) is 0 Å². The van der Waals surface area contributed by atoms with Gasteiger partial charge < -0.3 is 5.32 Å². The molecule has 0 bridgehead atoms. The van der Waals surface area contributed by atoms with E-state index >= 15 is 0 Å². The number of thioether (sulfide) groups is 1. The van der Waals surface area contributed by atoms with Gasteiger partial charge in [0, 0.05) is 14.2 Å². The van der Waals surface area contributed by atoms with E-state index in [9.17, 15) is 4.79 Å². The van der Waals surface area contributed by atoms with Gasteiger partial charge in [0.25, 0.3) is 0 Å². The largest absolute Gasteiger partial charge is 0.350 e. The van der Waals surface area contributed by atoms with E-state index in [1.807, 2.05) is 23.6 Å². The van der Waals surface area contributed by atoms with Crippen molar-refractivity contribution in [1.29, 1.82) is 0 Å². The van der Waals surface area contributed by atoms with Gasteiger partial charge in [0.05, 0.1) is 11.8 Å². The van der Waals surface area contributed by atoms with E-state index in [1.165, 1.54) is 10.5 Å². The normalized spacial score (nSPS) is 17.2. The molecule has 98 valence electrons. The van der Waals surface area contributed by atoms with E-state index in [2.05, 4.69) is 33.4 Å². The molecule has 1 N–H and O–H groups in total. The van der Waals surface area contributed by atoms with Crippen LogP contribution in [0.25, 0.3) is 0 Å². The highest BCUT2D eigenvalue weighted by atomic mass is 79.9. The minimum atomic E-state index is 0.0103. The van der Waals surface area contributed by atoms with Gasteiger partial charge in [-0.15, -0.1) is 23.1 Å². The molecule has 1 aromatic carbocycles. The smallest absolute Gasteiger partial charge is 0.234 e. The third-order valence-corrected chi connectivity index (χ3v) is 6.30. The Morgan fingerprint density at radius 3 is 2.95 bits per heavy atom. The van der Waals surface area contributed by atoms with Gasteiger partial charge in [-0.2, -0.15) is 0 Å². The lowest BCUT2D eigenvalue weighted by Gasteiger charge is -2.09. The number of hydrogen-bond acceptors (Lipinski definition) is 3. The zero-order valence-corrected chi connectivity index (χ0v) is 13.3. The molecule has 1 aliphatic rings. The van der Waals surface area contributed by atoms with E-state index in [4.69, 9.17) is 0 Å². The van der Waals surface area contributed by atoms with E-state index in [-0.39, 0.29) is 11.2 Å². The van der Waals surface area contributed by atoms with Crippen molar-refractivity contribution in [3.63, 3.8) is 0 Å². The fourth-order valence-corrected chi connectivity index (χ4v) is 4.71. The van der Waals surface area contributed by atoms with Crippen LogP contribution in [0.2, 0.25) is 0 Å². The Morgan fingerprint density at radius 1 is 1.37 bits per heavy atom. The lowest BCUT2D eigenvalue weighted by atomic mass is 10.1. The number of amides is 1. The van der Waals surface area contributed by atoms with Crippen LogP contribution in [0, 0.1) is 0 Å². The maximum Gasteiger partial charge on any atom is 0.234 e. The standard InChI is InChI=1S/C14H12BrNOS2/c15-10-5-6-18-13(10)8-16-14(17)12-7-9-3-1-2-4-11(9)19-12/h1-6,12H,7-8H2,(H,16,17). The summed E-state index contributed by atoms with van der Waals surface area (Å²) in [5, 5.41) is 5.05. The maximum atomic E-state index is 12.2. The Kier molecular flexibility index (Phi) is 3.96. The molecule has 2 heterocycles. The number of thiophene rings is 1. The molecule has 1 atom stereocenters. The van der Waals surface area contributed by atoms with Gasteiger partial charge in [-0.25, -0.2) is 0 Å². The summed E-state index contributed by atoms with van der Waals surface area (Å²) in [7, 11) is 0. The second-order valence-electron chi connectivity index (χ2n) is 4.33. The van der Waals surface area contributed by atoms with Gasteiger partial charge in [0.2, 0.25) is 5.91 Å². The highest BCUT2D eigenvalue weighted by molar-refractivity contribution is 9.10. The average molecular weight is 354 g/mol. The van der Waals surface area contributed by atoms with Crippen molar-refractivity contribution in [3.05, 3.63) is 50.6 Å². The molecule has 0 spiro atoms. The van der Waals surface area contributed by atoms with Crippen LogP contribution < -0.4 is 5.32 Å². The van der Waals surface area contributed by atoms with Gasteiger partial charge >= 0.3 is 0 Å². The summed E-state index contributed by atoms with van der Waals surface area (Å²) in [6.07, 6.45) is 0.832. The summed E-state index contributed by atoms with van der Waals surface area (Å²) >= 11 is 6.80. The summed E-state index contributed by atoms with van der Waals surface area (Å²) in [6, 6.07) is 10.2. The molecule has 0 aliphatic carbocycles. The molecule has 0 saturated carbocycles. The van der Waals surface area contributed by atoms with Gasteiger partial charge in [0.1, 0.15) is 0 Å². The third-order valence-electron chi connectivity index (χ3n) is 3.05. The van der Waals surface area contributed by atoms with Crippen LogP contribution in [0.3, 0.4) is 0 Å². The first-order chi connectivity index (χ1) is 9.24. The summed E-state index contributed by atoms with van der Waals surface area (Å²) in [5.74, 6) is 0.126. The average Bonchev–Trinajstić information content (AvgIpc) is 3.01. The third kappa shape index (κ3) is 2.88. The molecule has 3 rings (SSSR count). The number of carbonyl (C=O) groups excluding carboxylic acids is 1. The predicted octanol–water partition coefficient (Wildman–Crippen LogP) is 3.84. The van der Waals surface area contributed by atoms with Crippen LogP contribution in [0.4, 0.5) is 0 Å². The van der Waals surface area contributed by atoms with Gasteiger partial charge in [0.15, 0.2) is 0 Å². The van der Waals surface area contributed by atoms with Crippen LogP contribution in [0.1, 0.15) is 10.4 Å².